The van der Waals surface area contributed by atoms with E-state index in [4.69, 9.17) is 40.2 Å². The minimum absolute atomic E-state index is 0.0503. The van der Waals surface area contributed by atoms with Crippen LogP contribution in [-0.4, -0.2) is 29.0 Å². The van der Waals surface area contributed by atoms with Crippen LogP contribution < -0.4 is 20.7 Å². The minimum Gasteiger partial charge on any atom is -0.494 e. The number of hydrogen-bond donors (Lipinski definition) is 3. The van der Waals surface area contributed by atoms with E-state index in [1.165, 1.54) is 37.5 Å². The van der Waals surface area contributed by atoms with Crippen LogP contribution in [0.3, 0.4) is 0 Å². The van der Waals surface area contributed by atoms with Gasteiger partial charge in [0.2, 0.25) is 5.91 Å². The lowest BCUT2D eigenvalue weighted by Crippen LogP contribution is -2.34. The third-order valence-electron chi connectivity index (χ3n) is 3.61. The van der Waals surface area contributed by atoms with Crippen molar-refractivity contribution in [3.05, 3.63) is 45.9 Å². The van der Waals surface area contributed by atoms with E-state index in [9.17, 15) is 9.59 Å². The predicted octanol–water partition coefficient (Wildman–Crippen LogP) is 4.70. The highest BCUT2D eigenvalue weighted by Gasteiger charge is 2.18. The van der Waals surface area contributed by atoms with Crippen molar-refractivity contribution in [2.45, 2.75) is 6.92 Å². The fraction of sp³-hybridized carbons (Fsp3) is 0.111. The van der Waals surface area contributed by atoms with Gasteiger partial charge in [0.1, 0.15) is 5.75 Å². The Bertz CT molecular complexity index is 1130. The van der Waals surface area contributed by atoms with Crippen molar-refractivity contribution >= 4 is 84.7 Å². The molecule has 2 amide bonds. The molecule has 1 aromatic heterocycles. The molecule has 0 aliphatic heterocycles. The van der Waals surface area contributed by atoms with Crippen LogP contribution in [0.4, 0.5) is 10.8 Å². The van der Waals surface area contributed by atoms with E-state index < -0.39 is 5.91 Å². The fourth-order valence-electron chi connectivity index (χ4n) is 2.49. The van der Waals surface area contributed by atoms with Crippen LogP contribution >= 0.6 is 46.8 Å². The van der Waals surface area contributed by atoms with Crippen molar-refractivity contribution in [2.24, 2.45) is 0 Å². The van der Waals surface area contributed by atoms with Crippen molar-refractivity contribution in [3.8, 4) is 5.75 Å². The number of carbonyl (C=O) groups is 2. The lowest BCUT2D eigenvalue weighted by molar-refractivity contribution is -0.114. The maximum atomic E-state index is 12.6. The molecule has 0 unspecified atom stereocenters. The van der Waals surface area contributed by atoms with E-state index in [-0.39, 0.29) is 27.4 Å². The van der Waals surface area contributed by atoms with Crippen LogP contribution in [0.25, 0.3) is 10.2 Å². The number of fused-ring (bicyclic) bond motifs is 1. The number of hydrogen-bond acceptors (Lipinski definition) is 6. The van der Waals surface area contributed by atoms with E-state index in [0.717, 1.165) is 10.2 Å². The second kappa shape index (κ2) is 8.91. The van der Waals surface area contributed by atoms with Gasteiger partial charge in [-0.1, -0.05) is 34.5 Å². The van der Waals surface area contributed by atoms with Gasteiger partial charge in [0.05, 0.1) is 27.9 Å². The molecule has 0 radical (unpaired) electrons. The monoisotopic (exact) mass is 468 g/mol. The van der Waals surface area contributed by atoms with E-state index in [1.54, 1.807) is 18.2 Å². The first-order valence-corrected chi connectivity index (χ1v) is 10.1. The minimum atomic E-state index is -0.530. The van der Waals surface area contributed by atoms with Crippen LogP contribution in [-0.2, 0) is 4.79 Å². The average Bonchev–Trinajstić information content (AvgIpc) is 3.01. The largest absolute Gasteiger partial charge is 0.494 e. The van der Waals surface area contributed by atoms with Gasteiger partial charge in [0, 0.05) is 17.6 Å². The smallest absolute Gasteiger partial charge is 0.261 e. The van der Waals surface area contributed by atoms with Crippen molar-refractivity contribution < 1.29 is 14.3 Å². The van der Waals surface area contributed by atoms with E-state index >= 15 is 0 Å². The zero-order chi connectivity index (χ0) is 21.1. The number of methoxy groups -OCH3 is 1. The first kappa shape index (κ1) is 21.3. The van der Waals surface area contributed by atoms with Gasteiger partial charge in [-0.2, -0.15) is 0 Å². The number of amides is 2. The summed E-state index contributed by atoms with van der Waals surface area (Å²) in [6.45, 7) is 1.44. The molecule has 0 saturated carbocycles. The van der Waals surface area contributed by atoms with Gasteiger partial charge in [-0.25, -0.2) is 4.98 Å². The standard InChI is InChI=1S/C18H14Cl2N4O3S2/c1-8(25)21-10-3-4-13-14(7-10)29-18(22-13)24-17(28)23-16(26)11-5-9(19)6-12(20)15(11)27-2/h3-7H,1-2H3,(H,21,25)(H2,22,23,24,26,28). The van der Waals surface area contributed by atoms with E-state index in [2.05, 4.69) is 20.9 Å². The van der Waals surface area contributed by atoms with E-state index in [0.29, 0.717) is 15.8 Å². The molecule has 29 heavy (non-hydrogen) atoms. The molecule has 0 saturated heterocycles. The molecule has 0 bridgehead atoms. The zero-order valence-electron chi connectivity index (χ0n) is 15.1. The Labute approximate surface area is 185 Å². The number of rotatable bonds is 4. The summed E-state index contributed by atoms with van der Waals surface area (Å²) < 4.78 is 6.02. The Morgan fingerprint density at radius 2 is 1.93 bits per heavy atom. The highest BCUT2D eigenvalue weighted by Crippen LogP contribution is 2.32. The van der Waals surface area contributed by atoms with Crippen LogP contribution in [0.1, 0.15) is 17.3 Å². The summed E-state index contributed by atoms with van der Waals surface area (Å²) >= 11 is 18.6. The van der Waals surface area contributed by atoms with Gasteiger partial charge < -0.3 is 15.4 Å². The lowest BCUT2D eigenvalue weighted by atomic mass is 10.2. The lowest BCUT2D eigenvalue weighted by Gasteiger charge is -2.12. The molecule has 0 spiro atoms. The Hall–Kier alpha value is -2.46. The van der Waals surface area contributed by atoms with Gasteiger partial charge in [-0.15, -0.1) is 0 Å². The molecule has 0 aliphatic carbocycles. The highest BCUT2D eigenvalue weighted by atomic mass is 35.5. The van der Waals surface area contributed by atoms with Crippen molar-refractivity contribution in [2.75, 3.05) is 17.7 Å². The van der Waals surface area contributed by atoms with Crippen LogP contribution in [0.15, 0.2) is 30.3 Å². The predicted molar refractivity (Wildman–Crippen MR) is 121 cm³/mol. The number of nitrogens with one attached hydrogen (secondary N) is 3. The zero-order valence-corrected chi connectivity index (χ0v) is 18.3. The molecule has 0 fully saturated rings. The number of aromatic nitrogens is 1. The van der Waals surface area contributed by atoms with Crippen LogP contribution in [0.2, 0.25) is 10.0 Å². The molecule has 7 nitrogen and oxygen atoms in total. The molecule has 0 aliphatic rings. The number of halogens is 2. The maximum Gasteiger partial charge on any atom is 0.261 e. The number of thiazole rings is 1. The summed E-state index contributed by atoms with van der Waals surface area (Å²) in [7, 11) is 1.40. The van der Waals surface area contributed by atoms with Crippen LogP contribution in [0, 0.1) is 0 Å². The number of ether oxygens (including phenoxy) is 1. The summed E-state index contributed by atoms with van der Waals surface area (Å²) in [6, 6.07) is 8.25. The Kier molecular flexibility index (Phi) is 6.53. The Balaban J connectivity index is 1.74. The average molecular weight is 469 g/mol. The van der Waals surface area contributed by atoms with Gasteiger partial charge in [-0.05, 0) is 42.5 Å². The number of carbonyl (C=O) groups excluding carboxylic acids is 2. The fourth-order valence-corrected chi connectivity index (χ4v) is 4.23. The quantitative estimate of drug-likeness (QED) is 0.480. The second-order valence-electron chi connectivity index (χ2n) is 5.76. The van der Waals surface area contributed by atoms with Gasteiger partial charge in [-0.3, -0.25) is 14.9 Å². The number of nitrogens with zero attached hydrogens (tertiary/aromatic N) is 1. The molecule has 11 heteroatoms. The highest BCUT2D eigenvalue weighted by molar-refractivity contribution is 7.80. The summed E-state index contributed by atoms with van der Waals surface area (Å²) in [6.07, 6.45) is 0. The van der Waals surface area contributed by atoms with Crippen molar-refractivity contribution in [1.82, 2.24) is 10.3 Å². The summed E-state index contributed by atoms with van der Waals surface area (Å²) in [5, 5.41) is 9.18. The maximum absolute atomic E-state index is 12.6. The molecule has 1 heterocycles. The molecular weight excluding hydrogens is 455 g/mol. The van der Waals surface area contributed by atoms with Gasteiger partial charge in [0.25, 0.3) is 5.91 Å². The molecule has 3 rings (SSSR count). The molecular formula is C18H14Cl2N4O3S2. The molecule has 0 atom stereocenters. The number of anilines is 2. The Morgan fingerprint density at radius 3 is 2.62 bits per heavy atom. The topological polar surface area (TPSA) is 92.3 Å². The second-order valence-corrected chi connectivity index (χ2v) is 8.04. The molecule has 150 valence electrons. The van der Waals surface area contributed by atoms with Gasteiger partial charge >= 0.3 is 0 Å². The van der Waals surface area contributed by atoms with Gasteiger partial charge in [0.15, 0.2) is 10.2 Å². The first-order valence-electron chi connectivity index (χ1n) is 8.10. The molecule has 3 N–H and O–H groups in total. The molecule has 3 aromatic rings. The Morgan fingerprint density at radius 1 is 1.17 bits per heavy atom. The summed E-state index contributed by atoms with van der Waals surface area (Å²) in [5.41, 5.74) is 1.54. The van der Waals surface area contributed by atoms with Crippen LogP contribution in [0.5, 0.6) is 5.75 Å². The normalized spacial score (nSPS) is 10.5. The number of benzene rings is 2. The summed E-state index contributed by atoms with van der Waals surface area (Å²) in [4.78, 5) is 28.1. The SMILES string of the molecule is COc1c(Cl)cc(Cl)cc1C(=O)NC(=S)Nc1nc2ccc(NC(C)=O)cc2s1. The van der Waals surface area contributed by atoms with Crippen molar-refractivity contribution in [1.29, 1.82) is 0 Å². The van der Waals surface area contributed by atoms with Crippen molar-refractivity contribution in [3.63, 3.8) is 0 Å². The third-order valence-corrected chi connectivity index (χ3v) is 5.25. The van der Waals surface area contributed by atoms with E-state index in [1.807, 2.05) is 0 Å². The number of thiocarbonyl (C=S) groups is 1. The first-order chi connectivity index (χ1) is 13.8. The molecule has 2 aromatic carbocycles. The summed E-state index contributed by atoms with van der Waals surface area (Å²) in [5.74, 6) is -0.493. The third kappa shape index (κ3) is 5.13.